The van der Waals surface area contributed by atoms with Gasteiger partial charge in [0.05, 0.1) is 11.1 Å². The Morgan fingerprint density at radius 1 is 1.14 bits per heavy atom. The molecule has 21 heavy (non-hydrogen) atoms. The predicted octanol–water partition coefficient (Wildman–Crippen LogP) is 5.39. The van der Waals surface area contributed by atoms with Crippen LogP contribution in [0.5, 0.6) is 5.75 Å². The SMILES string of the molecule is CCCOc1ccc(C(O)c2ccc(Br)cc2C)cc1Br. The minimum absolute atomic E-state index is 0.644. The first-order valence-corrected chi connectivity index (χ1v) is 8.48. The number of ether oxygens (including phenoxy) is 1. The summed E-state index contributed by atoms with van der Waals surface area (Å²) in [4.78, 5) is 0. The summed E-state index contributed by atoms with van der Waals surface area (Å²) in [5.74, 6) is 0.806. The fourth-order valence-corrected chi connectivity index (χ4v) is 3.13. The maximum Gasteiger partial charge on any atom is 0.133 e. The summed E-state index contributed by atoms with van der Waals surface area (Å²) in [6.07, 6.45) is 0.323. The number of aryl methyl sites for hydroxylation is 1. The van der Waals surface area contributed by atoms with Crippen molar-refractivity contribution in [3.63, 3.8) is 0 Å². The molecule has 0 aromatic heterocycles. The molecule has 2 aromatic rings. The maximum atomic E-state index is 10.6. The fraction of sp³-hybridized carbons (Fsp3) is 0.294. The number of hydrogen-bond donors (Lipinski definition) is 1. The van der Waals surface area contributed by atoms with E-state index in [1.807, 2.05) is 43.3 Å². The van der Waals surface area contributed by atoms with Gasteiger partial charge in [-0.2, -0.15) is 0 Å². The van der Waals surface area contributed by atoms with Gasteiger partial charge in [-0.3, -0.25) is 0 Å². The van der Waals surface area contributed by atoms with Crippen LogP contribution >= 0.6 is 31.9 Å². The Morgan fingerprint density at radius 3 is 2.52 bits per heavy atom. The molecule has 0 heterocycles. The fourth-order valence-electron chi connectivity index (χ4n) is 2.14. The highest BCUT2D eigenvalue weighted by Crippen LogP contribution is 2.32. The van der Waals surface area contributed by atoms with Crippen molar-refractivity contribution in [1.29, 1.82) is 0 Å². The Labute approximate surface area is 142 Å². The molecule has 2 aromatic carbocycles. The average Bonchev–Trinajstić information content (AvgIpc) is 2.45. The second-order valence-electron chi connectivity index (χ2n) is 4.94. The molecule has 2 rings (SSSR count). The van der Waals surface area contributed by atoms with Crippen molar-refractivity contribution < 1.29 is 9.84 Å². The quantitative estimate of drug-likeness (QED) is 0.711. The van der Waals surface area contributed by atoms with Gasteiger partial charge >= 0.3 is 0 Å². The van der Waals surface area contributed by atoms with Crippen LogP contribution in [-0.2, 0) is 0 Å². The zero-order valence-electron chi connectivity index (χ0n) is 12.1. The van der Waals surface area contributed by atoms with E-state index in [0.717, 1.165) is 37.8 Å². The van der Waals surface area contributed by atoms with E-state index in [4.69, 9.17) is 4.74 Å². The van der Waals surface area contributed by atoms with Crippen molar-refractivity contribution in [2.24, 2.45) is 0 Å². The number of aliphatic hydroxyl groups is 1. The van der Waals surface area contributed by atoms with Gasteiger partial charge < -0.3 is 9.84 Å². The molecule has 112 valence electrons. The van der Waals surface area contributed by atoms with Crippen molar-refractivity contribution in [2.45, 2.75) is 26.4 Å². The highest BCUT2D eigenvalue weighted by Gasteiger charge is 2.14. The predicted molar refractivity (Wildman–Crippen MR) is 92.9 cm³/mol. The van der Waals surface area contributed by atoms with E-state index in [0.29, 0.717) is 6.61 Å². The van der Waals surface area contributed by atoms with Crippen LogP contribution in [0.15, 0.2) is 45.3 Å². The summed E-state index contributed by atoms with van der Waals surface area (Å²) in [6, 6.07) is 11.6. The first-order chi connectivity index (χ1) is 10.0. The van der Waals surface area contributed by atoms with Crippen molar-refractivity contribution in [3.05, 3.63) is 62.0 Å². The zero-order chi connectivity index (χ0) is 15.4. The normalized spacial score (nSPS) is 12.2. The van der Waals surface area contributed by atoms with Crippen LogP contribution < -0.4 is 4.74 Å². The molecule has 0 saturated carbocycles. The van der Waals surface area contributed by atoms with Crippen LogP contribution in [0, 0.1) is 6.92 Å². The monoisotopic (exact) mass is 412 g/mol. The van der Waals surface area contributed by atoms with Crippen LogP contribution in [0.25, 0.3) is 0 Å². The number of halogens is 2. The lowest BCUT2D eigenvalue weighted by molar-refractivity contribution is 0.219. The number of rotatable bonds is 5. The molecule has 0 aliphatic rings. The Hall–Kier alpha value is -0.840. The molecule has 0 aliphatic heterocycles. The van der Waals surface area contributed by atoms with Gasteiger partial charge in [-0.05, 0) is 70.2 Å². The van der Waals surface area contributed by atoms with Crippen molar-refractivity contribution in [1.82, 2.24) is 0 Å². The van der Waals surface area contributed by atoms with Gasteiger partial charge in [0, 0.05) is 4.47 Å². The standard InChI is InChI=1S/C17H18Br2O2/c1-3-8-21-16-7-4-12(10-15(16)19)17(20)14-6-5-13(18)9-11(14)2/h4-7,9-10,17,20H,3,8H2,1-2H3. The molecule has 0 radical (unpaired) electrons. The minimum atomic E-state index is -0.644. The van der Waals surface area contributed by atoms with Gasteiger partial charge in [0.1, 0.15) is 11.9 Å². The highest BCUT2D eigenvalue weighted by atomic mass is 79.9. The van der Waals surface area contributed by atoms with E-state index in [-0.39, 0.29) is 0 Å². The summed E-state index contributed by atoms with van der Waals surface area (Å²) >= 11 is 6.95. The van der Waals surface area contributed by atoms with E-state index in [1.165, 1.54) is 0 Å². The summed E-state index contributed by atoms with van der Waals surface area (Å²) < 4.78 is 7.51. The molecule has 1 atom stereocenters. The van der Waals surface area contributed by atoms with Crippen LogP contribution in [-0.4, -0.2) is 11.7 Å². The number of hydrogen-bond acceptors (Lipinski definition) is 2. The molecule has 4 heteroatoms. The van der Waals surface area contributed by atoms with E-state index in [9.17, 15) is 5.11 Å². The van der Waals surface area contributed by atoms with Gasteiger partial charge in [0.2, 0.25) is 0 Å². The molecule has 1 unspecified atom stereocenters. The summed E-state index contributed by atoms with van der Waals surface area (Å²) in [5, 5.41) is 10.6. The molecule has 0 amide bonds. The molecule has 0 aliphatic carbocycles. The Balaban J connectivity index is 2.27. The summed E-state index contributed by atoms with van der Waals surface area (Å²) in [6.45, 7) is 4.76. The van der Waals surface area contributed by atoms with Crippen LogP contribution in [0.1, 0.15) is 36.1 Å². The van der Waals surface area contributed by atoms with Gasteiger partial charge in [-0.15, -0.1) is 0 Å². The Morgan fingerprint density at radius 2 is 1.90 bits per heavy atom. The molecule has 1 N–H and O–H groups in total. The van der Waals surface area contributed by atoms with Crippen molar-refractivity contribution in [3.8, 4) is 5.75 Å². The lowest BCUT2D eigenvalue weighted by Gasteiger charge is -2.16. The average molecular weight is 414 g/mol. The Kier molecular flexibility index (Phi) is 5.85. The topological polar surface area (TPSA) is 29.5 Å². The smallest absolute Gasteiger partial charge is 0.133 e. The third-order valence-electron chi connectivity index (χ3n) is 3.26. The molecular weight excluding hydrogens is 396 g/mol. The molecule has 2 nitrogen and oxygen atoms in total. The maximum absolute atomic E-state index is 10.6. The summed E-state index contributed by atoms with van der Waals surface area (Å²) in [5.41, 5.74) is 2.81. The third kappa shape index (κ3) is 4.09. The third-order valence-corrected chi connectivity index (χ3v) is 4.37. The van der Waals surface area contributed by atoms with Crippen LogP contribution in [0.4, 0.5) is 0 Å². The van der Waals surface area contributed by atoms with Gasteiger partial charge in [-0.1, -0.05) is 35.0 Å². The van der Waals surface area contributed by atoms with Crippen molar-refractivity contribution in [2.75, 3.05) is 6.61 Å². The van der Waals surface area contributed by atoms with E-state index < -0.39 is 6.10 Å². The first kappa shape index (κ1) is 16.5. The molecule has 0 bridgehead atoms. The molecule has 0 fully saturated rings. The number of benzene rings is 2. The zero-order valence-corrected chi connectivity index (χ0v) is 15.2. The van der Waals surface area contributed by atoms with Crippen LogP contribution in [0.3, 0.4) is 0 Å². The Bertz CT molecular complexity index is 626. The van der Waals surface area contributed by atoms with Crippen molar-refractivity contribution >= 4 is 31.9 Å². The van der Waals surface area contributed by atoms with Gasteiger partial charge in [0.15, 0.2) is 0 Å². The van der Waals surface area contributed by atoms with E-state index in [2.05, 4.69) is 38.8 Å². The van der Waals surface area contributed by atoms with Crippen LogP contribution in [0.2, 0.25) is 0 Å². The van der Waals surface area contributed by atoms with Gasteiger partial charge in [-0.25, -0.2) is 0 Å². The lowest BCUT2D eigenvalue weighted by Crippen LogP contribution is -2.03. The first-order valence-electron chi connectivity index (χ1n) is 6.89. The second kappa shape index (κ2) is 7.43. The van der Waals surface area contributed by atoms with E-state index >= 15 is 0 Å². The number of aliphatic hydroxyl groups excluding tert-OH is 1. The second-order valence-corrected chi connectivity index (χ2v) is 6.71. The molecular formula is C17H18Br2O2. The van der Waals surface area contributed by atoms with E-state index in [1.54, 1.807) is 0 Å². The largest absolute Gasteiger partial charge is 0.492 e. The minimum Gasteiger partial charge on any atom is -0.492 e. The van der Waals surface area contributed by atoms with Gasteiger partial charge in [0.25, 0.3) is 0 Å². The lowest BCUT2D eigenvalue weighted by atomic mass is 9.97. The molecule has 0 spiro atoms. The highest BCUT2D eigenvalue weighted by molar-refractivity contribution is 9.10. The summed E-state index contributed by atoms with van der Waals surface area (Å²) in [7, 11) is 0. The molecule has 0 saturated heterocycles.